The summed E-state index contributed by atoms with van der Waals surface area (Å²) in [5.74, 6) is 0.722. The van der Waals surface area contributed by atoms with Gasteiger partial charge in [-0.15, -0.1) is 35.3 Å². The summed E-state index contributed by atoms with van der Waals surface area (Å²) in [5, 5.41) is 19.3. The van der Waals surface area contributed by atoms with Crippen molar-refractivity contribution in [3.63, 3.8) is 0 Å². The van der Waals surface area contributed by atoms with Crippen LogP contribution in [0.2, 0.25) is 0 Å². The first-order valence-corrected chi connectivity index (χ1v) is 9.63. The Morgan fingerprint density at radius 1 is 1.28 bits per heavy atom. The van der Waals surface area contributed by atoms with E-state index in [2.05, 4.69) is 34.5 Å². The Labute approximate surface area is 171 Å². The van der Waals surface area contributed by atoms with Crippen molar-refractivity contribution in [2.24, 2.45) is 4.99 Å². The Hall–Kier alpha value is -0.870. The van der Waals surface area contributed by atoms with Crippen molar-refractivity contribution >= 4 is 46.2 Å². The van der Waals surface area contributed by atoms with Gasteiger partial charge in [-0.3, -0.25) is 4.40 Å². The van der Waals surface area contributed by atoms with Crippen molar-refractivity contribution in [1.29, 1.82) is 0 Å². The average molecular weight is 479 g/mol. The Balaban J connectivity index is 0.00000312. The van der Waals surface area contributed by atoms with Gasteiger partial charge < -0.3 is 15.7 Å². The van der Waals surface area contributed by atoms with Gasteiger partial charge in [0.2, 0.25) is 0 Å². The highest BCUT2D eigenvalue weighted by molar-refractivity contribution is 14.0. The summed E-state index contributed by atoms with van der Waals surface area (Å²) in [6.45, 7) is 8.05. The Kier molecular flexibility index (Phi) is 9.73. The molecule has 25 heavy (non-hydrogen) atoms. The molecule has 0 aliphatic heterocycles. The molecule has 0 fully saturated rings. The van der Waals surface area contributed by atoms with E-state index in [-0.39, 0.29) is 24.0 Å². The first-order chi connectivity index (χ1) is 11.6. The number of nitrogens with zero attached hydrogens (tertiary/aromatic N) is 3. The SMILES string of the molecule is CCCC(O)(CCC)CNC(=NCc1cn2ccsc2n1)NCC.I. The lowest BCUT2D eigenvalue weighted by molar-refractivity contribution is 0.0257. The smallest absolute Gasteiger partial charge is 0.193 e. The third-order valence-corrected chi connectivity index (χ3v) is 4.67. The maximum atomic E-state index is 10.7. The summed E-state index contributed by atoms with van der Waals surface area (Å²) in [4.78, 5) is 10.1. The molecule has 8 heteroatoms. The van der Waals surface area contributed by atoms with Gasteiger partial charge in [0, 0.05) is 30.9 Å². The lowest BCUT2D eigenvalue weighted by Gasteiger charge is -2.28. The lowest BCUT2D eigenvalue weighted by atomic mass is 9.93. The number of hydrogen-bond acceptors (Lipinski definition) is 4. The van der Waals surface area contributed by atoms with E-state index in [1.54, 1.807) is 11.3 Å². The fourth-order valence-corrected chi connectivity index (χ4v) is 3.55. The zero-order valence-corrected chi connectivity index (χ0v) is 18.4. The fraction of sp³-hybridized carbons (Fsp3) is 0.647. The largest absolute Gasteiger partial charge is 0.388 e. The molecule has 0 unspecified atom stereocenters. The number of halogens is 1. The second kappa shape index (κ2) is 11.0. The molecule has 0 bridgehead atoms. The van der Waals surface area contributed by atoms with E-state index in [0.717, 1.165) is 48.8 Å². The fourth-order valence-electron chi connectivity index (χ4n) is 2.83. The van der Waals surface area contributed by atoms with Crippen LogP contribution in [0.15, 0.2) is 22.8 Å². The van der Waals surface area contributed by atoms with Crippen LogP contribution in [0.3, 0.4) is 0 Å². The van der Waals surface area contributed by atoms with Crippen molar-refractivity contribution in [1.82, 2.24) is 20.0 Å². The normalized spacial score (nSPS) is 12.2. The molecule has 0 aliphatic rings. The van der Waals surface area contributed by atoms with Crippen LogP contribution < -0.4 is 10.6 Å². The maximum absolute atomic E-state index is 10.7. The van der Waals surface area contributed by atoms with Crippen LogP contribution in [-0.4, -0.2) is 39.1 Å². The van der Waals surface area contributed by atoms with Gasteiger partial charge in [0.25, 0.3) is 0 Å². The number of nitrogens with one attached hydrogen (secondary N) is 2. The number of aliphatic hydroxyl groups is 1. The standard InChI is InChI=1S/C17H29N5OS.HI/c1-4-7-17(23,8-5-2)13-20-15(18-6-3)19-11-14-12-22-9-10-24-16(22)21-14;/h9-10,12,23H,4-8,11,13H2,1-3H3,(H2,18,19,20);1H. The monoisotopic (exact) mass is 479 g/mol. The molecule has 0 amide bonds. The Morgan fingerprint density at radius 2 is 2.00 bits per heavy atom. The van der Waals surface area contributed by atoms with Crippen LogP contribution in [0.25, 0.3) is 4.96 Å². The molecule has 0 aromatic carbocycles. The van der Waals surface area contributed by atoms with Gasteiger partial charge in [0.1, 0.15) is 0 Å². The number of aliphatic imine (C=N–C) groups is 1. The molecule has 6 nitrogen and oxygen atoms in total. The molecule has 0 saturated heterocycles. The lowest BCUT2D eigenvalue weighted by Crippen LogP contribution is -2.47. The maximum Gasteiger partial charge on any atom is 0.193 e. The summed E-state index contributed by atoms with van der Waals surface area (Å²) in [7, 11) is 0. The predicted octanol–water partition coefficient (Wildman–Crippen LogP) is 3.40. The number of imidazole rings is 1. The van der Waals surface area contributed by atoms with E-state index >= 15 is 0 Å². The second-order valence-corrected chi connectivity index (χ2v) is 6.97. The summed E-state index contributed by atoms with van der Waals surface area (Å²) < 4.78 is 2.01. The summed E-state index contributed by atoms with van der Waals surface area (Å²) >= 11 is 1.62. The molecule has 0 aliphatic carbocycles. The first kappa shape index (κ1) is 22.2. The van der Waals surface area contributed by atoms with Crippen molar-refractivity contribution in [3.8, 4) is 0 Å². The highest BCUT2D eigenvalue weighted by Crippen LogP contribution is 2.18. The molecule has 0 atom stereocenters. The molecular formula is C17H30IN5OS. The number of rotatable bonds is 9. The van der Waals surface area contributed by atoms with Gasteiger partial charge in [-0.25, -0.2) is 9.98 Å². The third-order valence-electron chi connectivity index (χ3n) is 3.90. The molecule has 2 rings (SSSR count). The molecule has 2 aromatic heterocycles. The minimum Gasteiger partial charge on any atom is -0.388 e. The minimum atomic E-state index is -0.670. The molecule has 0 spiro atoms. The van der Waals surface area contributed by atoms with Gasteiger partial charge >= 0.3 is 0 Å². The number of guanidine groups is 1. The van der Waals surface area contributed by atoms with Crippen LogP contribution in [0.4, 0.5) is 0 Å². The van der Waals surface area contributed by atoms with Gasteiger partial charge in [-0.05, 0) is 19.8 Å². The van der Waals surface area contributed by atoms with E-state index in [9.17, 15) is 5.11 Å². The van der Waals surface area contributed by atoms with Crippen LogP contribution in [-0.2, 0) is 6.54 Å². The molecule has 0 radical (unpaired) electrons. The molecule has 3 N–H and O–H groups in total. The van der Waals surface area contributed by atoms with E-state index < -0.39 is 5.60 Å². The molecule has 2 aromatic rings. The van der Waals surface area contributed by atoms with Gasteiger partial charge in [-0.1, -0.05) is 26.7 Å². The van der Waals surface area contributed by atoms with Gasteiger partial charge in [-0.2, -0.15) is 0 Å². The molecule has 2 heterocycles. The number of hydrogen-bond donors (Lipinski definition) is 3. The van der Waals surface area contributed by atoms with Crippen molar-refractivity contribution in [2.45, 2.75) is 58.6 Å². The first-order valence-electron chi connectivity index (χ1n) is 8.76. The third kappa shape index (κ3) is 6.74. The second-order valence-electron chi connectivity index (χ2n) is 6.10. The van der Waals surface area contributed by atoms with E-state index in [4.69, 9.17) is 0 Å². The van der Waals surface area contributed by atoms with Crippen LogP contribution >= 0.6 is 35.3 Å². The number of fused-ring (bicyclic) bond motifs is 1. The quantitative estimate of drug-likeness (QED) is 0.293. The molecule has 142 valence electrons. The highest BCUT2D eigenvalue weighted by atomic mass is 127. The number of thiazole rings is 1. The topological polar surface area (TPSA) is 74.0 Å². The van der Waals surface area contributed by atoms with Crippen molar-refractivity contribution in [3.05, 3.63) is 23.5 Å². The summed E-state index contributed by atoms with van der Waals surface area (Å²) in [6.07, 6.45) is 7.53. The Morgan fingerprint density at radius 3 is 2.60 bits per heavy atom. The predicted molar refractivity (Wildman–Crippen MR) is 116 cm³/mol. The van der Waals surface area contributed by atoms with E-state index in [1.165, 1.54) is 0 Å². The van der Waals surface area contributed by atoms with Crippen molar-refractivity contribution < 1.29 is 5.11 Å². The number of aromatic nitrogens is 2. The van der Waals surface area contributed by atoms with E-state index in [1.807, 2.05) is 29.1 Å². The van der Waals surface area contributed by atoms with E-state index in [0.29, 0.717) is 13.1 Å². The Bertz CT molecular complexity index is 620. The van der Waals surface area contributed by atoms with Crippen molar-refractivity contribution in [2.75, 3.05) is 13.1 Å². The minimum absolute atomic E-state index is 0. The summed E-state index contributed by atoms with van der Waals surface area (Å²) in [6, 6.07) is 0. The average Bonchev–Trinajstić information content (AvgIpc) is 3.12. The molecular weight excluding hydrogens is 449 g/mol. The highest BCUT2D eigenvalue weighted by Gasteiger charge is 2.24. The molecule has 0 saturated carbocycles. The van der Waals surface area contributed by atoms with Gasteiger partial charge in [0.15, 0.2) is 10.9 Å². The van der Waals surface area contributed by atoms with Crippen LogP contribution in [0.1, 0.15) is 52.1 Å². The zero-order chi connectivity index (χ0) is 17.4. The summed E-state index contributed by atoms with van der Waals surface area (Å²) in [5.41, 5.74) is 0.271. The zero-order valence-electron chi connectivity index (χ0n) is 15.3. The van der Waals surface area contributed by atoms with Gasteiger partial charge in [0.05, 0.1) is 17.8 Å². The van der Waals surface area contributed by atoms with Crippen LogP contribution in [0.5, 0.6) is 0 Å². The van der Waals surface area contributed by atoms with Crippen LogP contribution in [0, 0.1) is 0 Å².